The predicted octanol–water partition coefficient (Wildman–Crippen LogP) is 4.19. The molecular weight excluding hydrogens is 470 g/mol. The van der Waals surface area contributed by atoms with Gasteiger partial charge < -0.3 is 11.1 Å². The van der Waals surface area contributed by atoms with Gasteiger partial charge in [0.15, 0.2) is 0 Å². The number of sulfonamides is 1. The lowest BCUT2D eigenvalue weighted by molar-refractivity contribution is 0.100. The van der Waals surface area contributed by atoms with E-state index in [4.69, 9.17) is 5.73 Å². The number of primary amides is 1. The van der Waals surface area contributed by atoms with Gasteiger partial charge in [-0.25, -0.2) is 8.42 Å². The van der Waals surface area contributed by atoms with Gasteiger partial charge in [0.25, 0.3) is 11.8 Å². The number of nitrogens with two attached hydrogens (primary N) is 1. The number of hydrogen-bond acceptors (Lipinski definition) is 5. The topological polar surface area (TPSA) is 110 Å². The molecule has 1 aromatic heterocycles. The summed E-state index contributed by atoms with van der Waals surface area (Å²) < 4.78 is 27.2. The Morgan fingerprint density at radius 3 is 2.35 bits per heavy atom. The van der Waals surface area contributed by atoms with Crippen LogP contribution in [0.5, 0.6) is 0 Å². The van der Waals surface area contributed by atoms with Gasteiger partial charge >= 0.3 is 0 Å². The van der Waals surface area contributed by atoms with E-state index in [9.17, 15) is 18.0 Å². The summed E-state index contributed by atoms with van der Waals surface area (Å²) in [5, 5.41) is 3.28. The standard InChI is InChI=1S/C25H27N3O4S2/c1-28(16-17-8-4-2-5-9-17)34(31,32)19-14-12-18(13-15-19)24(30)27-25-22(23(26)29)20-10-6-3-7-11-21(20)33-25/h2,4-5,8-9,12-15H,3,6-7,10-11,16H2,1H3,(H2,26,29)(H,27,30). The molecule has 34 heavy (non-hydrogen) atoms. The molecule has 1 aliphatic carbocycles. The quantitative estimate of drug-likeness (QED) is 0.477. The van der Waals surface area contributed by atoms with Crippen molar-refractivity contribution in [3.8, 4) is 0 Å². The molecule has 7 nitrogen and oxygen atoms in total. The highest BCUT2D eigenvalue weighted by Gasteiger charge is 2.25. The van der Waals surface area contributed by atoms with Gasteiger partial charge in [0, 0.05) is 24.0 Å². The number of thiophene rings is 1. The second kappa shape index (κ2) is 10.1. The Bertz CT molecular complexity index is 1300. The molecule has 4 rings (SSSR count). The van der Waals surface area contributed by atoms with E-state index in [0.29, 0.717) is 16.1 Å². The number of nitrogens with one attached hydrogen (secondary N) is 1. The minimum Gasteiger partial charge on any atom is -0.365 e. The molecule has 0 saturated heterocycles. The van der Waals surface area contributed by atoms with E-state index >= 15 is 0 Å². The Morgan fingerprint density at radius 2 is 1.68 bits per heavy atom. The number of hydrogen-bond donors (Lipinski definition) is 2. The fraction of sp³-hybridized carbons (Fsp3) is 0.280. The second-order valence-corrected chi connectivity index (χ2v) is 11.5. The Balaban J connectivity index is 1.51. The molecule has 2 amide bonds. The van der Waals surface area contributed by atoms with Gasteiger partial charge in [-0.3, -0.25) is 9.59 Å². The molecule has 0 fully saturated rings. The number of aryl methyl sites for hydroxylation is 1. The van der Waals surface area contributed by atoms with Gasteiger partial charge in [0.1, 0.15) is 5.00 Å². The molecular formula is C25H27N3O4S2. The molecule has 0 spiro atoms. The molecule has 3 N–H and O–H groups in total. The van der Waals surface area contributed by atoms with Crippen molar-refractivity contribution in [2.75, 3.05) is 12.4 Å². The minimum atomic E-state index is -3.72. The summed E-state index contributed by atoms with van der Waals surface area (Å²) in [6, 6.07) is 15.1. The number of nitrogens with zero attached hydrogens (tertiary/aromatic N) is 1. The average Bonchev–Trinajstić information content (AvgIpc) is 3.00. The first-order chi connectivity index (χ1) is 16.3. The van der Waals surface area contributed by atoms with Crippen molar-refractivity contribution >= 4 is 38.2 Å². The third kappa shape index (κ3) is 5.06. The van der Waals surface area contributed by atoms with E-state index in [1.165, 1.54) is 47.0 Å². The van der Waals surface area contributed by atoms with Crippen LogP contribution in [0.15, 0.2) is 59.5 Å². The van der Waals surface area contributed by atoms with Crippen LogP contribution in [0.25, 0.3) is 0 Å². The number of carbonyl (C=O) groups is 2. The van der Waals surface area contributed by atoms with Gasteiger partial charge in [-0.2, -0.15) is 4.31 Å². The van der Waals surface area contributed by atoms with Crippen molar-refractivity contribution < 1.29 is 18.0 Å². The zero-order valence-electron chi connectivity index (χ0n) is 18.9. The van der Waals surface area contributed by atoms with Crippen LogP contribution in [-0.4, -0.2) is 31.6 Å². The normalized spacial score (nSPS) is 13.8. The number of fused-ring (bicyclic) bond motifs is 1. The molecule has 3 aromatic rings. The lowest BCUT2D eigenvalue weighted by Gasteiger charge is -2.17. The van der Waals surface area contributed by atoms with E-state index in [-0.39, 0.29) is 11.4 Å². The number of benzene rings is 2. The smallest absolute Gasteiger partial charge is 0.256 e. The van der Waals surface area contributed by atoms with Crippen molar-refractivity contribution in [1.29, 1.82) is 0 Å². The van der Waals surface area contributed by atoms with E-state index in [2.05, 4.69) is 5.32 Å². The van der Waals surface area contributed by atoms with Crippen molar-refractivity contribution in [3.63, 3.8) is 0 Å². The van der Waals surface area contributed by atoms with Gasteiger partial charge in [0.2, 0.25) is 10.0 Å². The first kappa shape index (κ1) is 24.1. The molecule has 9 heteroatoms. The molecule has 0 bridgehead atoms. The van der Waals surface area contributed by atoms with Gasteiger partial charge in [-0.15, -0.1) is 11.3 Å². The van der Waals surface area contributed by atoms with Crippen molar-refractivity contribution in [1.82, 2.24) is 4.31 Å². The highest BCUT2D eigenvalue weighted by molar-refractivity contribution is 7.89. The number of carbonyl (C=O) groups excluding carboxylic acids is 2. The first-order valence-electron chi connectivity index (χ1n) is 11.1. The summed E-state index contributed by atoms with van der Waals surface area (Å²) in [4.78, 5) is 26.2. The molecule has 2 aromatic carbocycles. The summed E-state index contributed by atoms with van der Waals surface area (Å²) in [6.07, 6.45) is 4.80. The zero-order valence-corrected chi connectivity index (χ0v) is 20.5. The van der Waals surface area contributed by atoms with Crippen LogP contribution in [-0.2, 0) is 29.4 Å². The molecule has 1 aliphatic rings. The lowest BCUT2D eigenvalue weighted by Crippen LogP contribution is -2.26. The largest absolute Gasteiger partial charge is 0.365 e. The summed E-state index contributed by atoms with van der Waals surface area (Å²) >= 11 is 1.40. The SMILES string of the molecule is CN(Cc1ccccc1)S(=O)(=O)c1ccc(C(=O)Nc2sc3c(c2C(N)=O)CCCCC3)cc1. The van der Waals surface area contributed by atoms with Crippen molar-refractivity contribution in [3.05, 3.63) is 81.7 Å². The summed E-state index contributed by atoms with van der Waals surface area (Å²) in [5.41, 5.74) is 8.17. The predicted molar refractivity (Wildman–Crippen MR) is 134 cm³/mol. The Labute approximate surface area is 203 Å². The zero-order chi connectivity index (χ0) is 24.3. The van der Waals surface area contributed by atoms with Crippen LogP contribution in [0.3, 0.4) is 0 Å². The Hall–Kier alpha value is -3.01. The van der Waals surface area contributed by atoms with E-state index in [0.717, 1.165) is 48.1 Å². The number of anilines is 1. The fourth-order valence-corrected chi connectivity index (χ4v) is 6.60. The molecule has 0 saturated carbocycles. The lowest BCUT2D eigenvalue weighted by atomic mass is 10.1. The van der Waals surface area contributed by atoms with Crippen LogP contribution in [0.4, 0.5) is 5.00 Å². The van der Waals surface area contributed by atoms with Gasteiger partial charge in [-0.05, 0) is 61.1 Å². The maximum absolute atomic E-state index is 12.9. The van der Waals surface area contributed by atoms with Gasteiger partial charge in [0.05, 0.1) is 10.5 Å². The highest BCUT2D eigenvalue weighted by atomic mass is 32.2. The Kier molecular flexibility index (Phi) is 7.16. The summed E-state index contributed by atoms with van der Waals surface area (Å²) in [5.74, 6) is -0.960. The maximum Gasteiger partial charge on any atom is 0.256 e. The van der Waals surface area contributed by atoms with E-state index in [1.807, 2.05) is 30.3 Å². The van der Waals surface area contributed by atoms with Crippen LogP contribution in [0.2, 0.25) is 0 Å². The minimum absolute atomic E-state index is 0.100. The number of rotatable bonds is 7. The van der Waals surface area contributed by atoms with E-state index in [1.54, 1.807) is 0 Å². The first-order valence-corrected chi connectivity index (χ1v) is 13.4. The molecule has 1 heterocycles. The van der Waals surface area contributed by atoms with Crippen LogP contribution in [0.1, 0.15) is 56.0 Å². The molecule has 178 valence electrons. The van der Waals surface area contributed by atoms with Crippen molar-refractivity contribution in [2.45, 2.75) is 43.5 Å². The van der Waals surface area contributed by atoms with Crippen LogP contribution < -0.4 is 11.1 Å². The molecule has 0 unspecified atom stereocenters. The van der Waals surface area contributed by atoms with Crippen LogP contribution in [0, 0.1) is 0 Å². The summed E-state index contributed by atoms with van der Waals surface area (Å²) in [6.45, 7) is 0.240. The van der Waals surface area contributed by atoms with E-state index < -0.39 is 21.8 Å². The Morgan fingerprint density at radius 1 is 1.00 bits per heavy atom. The molecule has 0 aliphatic heterocycles. The second-order valence-electron chi connectivity index (χ2n) is 8.36. The third-order valence-corrected chi connectivity index (χ3v) is 8.99. The monoisotopic (exact) mass is 497 g/mol. The molecule has 0 radical (unpaired) electrons. The summed E-state index contributed by atoms with van der Waals surface area (Å²) in [7, 11) is -2.20. The van der Waals surface area contributed by atoms with Crippen LogP contribution >= 0.6 is 11.3 Å². The van der Waals surface area contributed by atoms with Gasteiger partial charge in [-0.1, -0.05) is 36.8 Å². The average molecular weight is 498 g/mol. The maximum atomic E-state index is 12.9. The van der Waals surface area contributed by atoms with Crippen molar-refractivity contribution in [2.24, 2.45) is 5.73 Å². The molecule has 0 atom stereocenters. The number of amides is 2. The highest BCUT2D eigenvalue weighted by Crippen LogP contribution is 2.37. The third-order valence-electron chi connectivity index (χ3n) is 5.97. The fourth-order valence-electron chi connectivity index (χ4n) is 4.15.